The molecule has 0 spiro atoms. The zero-order chi connectivity index (χ0) is 17.6. The van der Waals surface area contributed by atoms with Gasteiger partial charge in [0.2, 0.25) is 0 Å². The van der Waals surface area contributed by atoms with Crippen LogP contribution in [-0.2, 0) is 0 Å². The highest BCUT2D eigenvalue weighted by molar-refractivity contribution is 5.85. The van der Waals surface area contributed by atoms with E-state index in [9.17, 15) is 10.2 Å². The van der Waals surface area contributed by atoms with Crippen molar-refractivity contribution in [1.82, 2.24) is 9.88 Å². The maximum atomic E-state index is 10.5. The average molecular weight is 346 g/mol. The van der Waals surface area contributed by atoms with Crippen molar-refractivity contribution in [2.24, 2.45) is 0 Å². The largest absolute Gasteiger partial charge is 0.490 e. The lowest BCUT2D eigenvalue weighted by atomic mass is 9.93. The third-order valence-corrected chi connectivity index (χ3v) is 5.02. The summed E-state index contributed by atoms with van der Waals surface area (Å²) < 4.78 is 5.87. The maximum absolute atomic E-state index is 10.5. The van der Waals surface area contributed by atoms with Gasteiger partial charge in [-0.25, -0.2) is 0 Å². The lowest BCUT2D eigenvalue weighted by Gasteiger charge is -2.36. The van der Waals surface area contributed by atoms with E-state index < -0.39 is 6.10 Å². The summed E-state index contributed by atoms with van der Waals surface area (Å²) in [6.45, 7) is 3.21. The molecule has 0 amide bonds. The second-order valence-corrected chi connectivity index (χ2v) is 7.25. The van der Waals surface area contributed by atoms with E-state index in [0.29, 0.717) is 19.1 Å². The van der Waals surface area contributed by atoms with Crippen LogP contribution in [0.4, 0.5) is 0 Å². The fraction of sp³-hybridized carbons (Fsp3) is 0.600. The van der Waals surface area contributed by atoms with Crippen LogP contribution in [0.1, 0.15) is 39.0 Å². The Morgan fingerprint density at radius 2 is 1.96 bits per heavy atom. The van der Waals surface area contributed by atoms with Crippen molar-refractivity contribution in [3.05, 3.63) is 30.5 Å². The van der Waals surface area contributed by atoms with Crippen LogP contribution in [0.15, 0.2) is 30.5 Å². The highest BCUT2D eigenvalue weighted by Gasteiger charge is 2.24. The molecule has 2 aromatic rings. The summed E-state index contributed by atoms with van der Waals surface area (Å²) in [6, 6.07) is 8.33. The Labute approximate surface area is 149 Å². The number of aliphatic hydroxyl groups excluding tert-OH is 2. The Morgan fingerprint density at radius 1 is 1.16 bits per heavy atom. The van der Waals surface area contributed by atoms with Crippen molar-refractivity contribution < 1.29 is 14.9 Å². The molecule has 0 aliphatic heterocycles. The molecular formula is C20H30N2O3. The molecule has 1 aromatic carbocycles. The molecule has 3 N–H and O–H groups in total. The van der Waals surface area contributed by atoms with Gasteiger partial charge in [-0.05, 0) is 38.0 Å². The van der Waals surface area contributed by atoms with Crippen LogP contribution in [0.3, 0.4) is 0 Å². The first-order chi connectivity index (χ1) is 12.1. The fourth-order valence-electron chi connectivity index (χ4n) is 3.85. The second kappa shape index (κ2) is 8.70. The van der Waals surface area contributed by atoms with Gasteiger partial charge in [0.05, 0.1) is 6.10 Å². The van der Waals surface area contributed by atoms with Crippen molar-refractivity contribution in [2.75, 3.05) is 19.7 Å². The lowest BCUT2D eigenvalue weighted by Crippen LogP contribution is -2.46. The summed E-state index contributed by atoms with van der Waals surface area (Å²) in [5.41, 5.74) is 1.03. The van der Waals surface area contributed by atoms with Crippen molar-refractivity contribution in [1.29, 1.82) is 0 Å². The molecule has 1 heterocycles. The van der Waals surface area contributed by atoms with Crippen LogP contribution < -0.4 is 4.74 Å². The molecule has 2 atom stereocenters. The molecule has 5 heteroatoms. The number of aliphatic hydroxyl groups is 2. The summed E-state index contributed by atoms with van der Waals surface area (Å²) in [6.07, 6.45) is 7.02. The second-order valence-electron chi connectivity index (χ2n) is 7.25. The number of hydrogen-bond donors (Lipinski definition) is 3. The van der Waals surface area contributed by atoms with Gasteiger partial charge in [-0.3, -0.25) is 4.90 Å². The quantitative estimate of drug-likeness (QED) is 0.687. The molecule has 0 radical (unpaired) electrons. The number of rotatable bonds is 8. The van der Waals surface area contributed by atoms with Crippen LogP contribution in [-0.4, -0.2) is 58.0 Å². The van der Waals surface area contributed by atoms with Crippen LogP contribution in [0, 0.1) is 0 Å². The normalized spacial score (nSPS) is 18.6. The Morgan fingerprint density at radius 3 is 2.72 bits per heavy atom. The number of ether oxygens (including phenoxy) is 1. The van der Waals surface area contributed by atoms with Crippen LogP contribution in [0.2, 0.25) is 0 Å². The summed E-state index contributed by atoms with van der Waals surface area (Å²) in [5, 5.41) is 21.3. The number of nitrogens with one attached hydrogen (secondary N) is 1. The number of H-pyrrole nitrogens is 1. The number of aromatic nitrogens is 1. The molecule has 1 aliphatic rings. The Bertz CT molecular complexity index is 649. The standard InChI is InChI=1S/C20H30N2O3/c1-15(23)12-22(16-6-3-2-4-7-16)13-17(24)14-25-20-9-5-8-19-18(20)10-11-21-19/h5,8-11,15-17,21,23-24H,2-4,6-7,12-14H2,1H3. The van der Waals surface area contributed by atoms with Crippen molar-refractivity contribution in [2.45, 2.75) is 57.3 Å². The minimum atomic E-state index is -0.574. The van der Waals surface area contributed by atoms with Crippen LogP contribution >= 0.6 is 0 Å². The lowest BCUT2D eigenvalue weighted by molar-refractivity contribution is 0.0221. The van der Waals surface area contributed by atoms with Gasteiger partial charge in [0.1, 0.15) is 18.5 Å². The number of benzene rings is 1. The predicted molar refractivity (Wildman–Crippen MR) is 99.9 cm³/mol. The van der Waals surface area contributed by atoms with E-state index in [4.69, 9.17) is 4.74 Å². The van der Waals surface area contributed by atoms with Gasteiger partial charge in [0.25, 0.3) is 0 Å². The molecular weight excluding hydrogens is 316 g/mol. The SMILES string of the molecule is CC(O)CN(CC(O)COc1cccc2[nH]ccc12)C1CCCCC1. The number of aromatic amines is 1. The third-order valence-electron chi connectivity index (χ3n) is 5.02. The van der Waals surface area contributed by atoms with E-state index >= 15 is 0 Å². The number of nitrogens with zero attached hydrogens (tertiary/aromatic N) is 1. The molecule has 0 saturated heterocycles. The van der Waals surface area contributed by atoms with Crippen molar-refractivity contribution >= 4 is 10.9 Å². The van der Waals surface area contributed by atoms with E-state index in [2.05, 4.69) is 9.88 Å². The molecule has 25 heavy (non-hydrogen) atoms. The van der Waals surface area contributed by atoms with Gasteiger partial charge in [-0.1, -0.05) is 25.3 Å². The van der Waals surface area contributed by atoms with E-state index in [1.807, 2.05) is 37.4 Å². The third kappa shape index (κ3) is 4.97. The highest BCUT2D eigenvalue weighted by Crippen LogP contribution is 2.25. The summed E-state index contributed by atoms with van der Waals surface area (Å²) in [7, 11) is 0. The summed E-state index contributed by atoms with van der Waals surface area (Å²) in [4.78, 5) is 5.41. The minimum absolute atomic E-state index is 0.257. The van der Waals surface area contributed by atoms with E-state index in [0.717, 1.165) is 29.5 Å². The first-order valence-corrected chi connectivity index (χ1v) is 9.42. The molecule has 3 rings (SSSR count). The topological polar surface area (TPSA) is 68.7 Å². The predicted octanol–water partition coefficient (Wildman–Crippen LogP) is 2.92. The summed E-state index contributed by atoms with van der Waals surface area (Å²) in [5.74, 6) is 0.789. The molecule has 1 aromatic heterocycles. The van der Waals surface area contributed by atoms with E-state index in [1.54, 1.807) is 0 Å². The van der Waals surface area contributed by atoms with Crippen molar-refractivity contribution in [3.63, 3.8) is 0 Å². The fourth-order valence-corrected chi connectivity index (χ4v) is 3.85. The van der Waals surface area contributed by atoms with Gasteiger partial charge in [0.15, 0.2) is 0 Å². The van der Waals surface area contributed by atoms with Gasteiger partial charge in [-0.15, -0.1) is 0 Å². The highest BCUT2D eigenvalue weighted by atomic mass is 16.5. The number of fused-ring (bicyclic) bond motifs is 1. The van der Waals surface area contributed by atoms with Gasteiger partial charge in [-0.2, -0.15) is 0 Å². The van der Waals surface area contributed by atoms with Gasteiger partial charge >= 0.3 is 0 Å². The molecule has 1 fully saturated rings. The smallest absolute Gasteiger partial charge is 0.128 e. The van der Waals surface area contributed by atoms with Gasteiger partial charge < -0.3 is 19.9 Å². The van der Waals surface area contributed by atoms with E-state index in [-0.39, 0.29) is 12.7 Å². The van der Waals surface area contributed by atoms with Gasteiger partial charge in [0, 0.05) is 36.2 Å². The zero-order valence-electron chi connectivity index (χ0n) is 15.0. The first-order valence-electron chi connectivity index (χ1n) is 9.42. The Kier molecular flexibility index (Phi) is 6.34. The Balaban J connectivity index is 1.57. The Hall–Kier alpha value is -1.56. The van der Waals surface area contributed by atoms with Crippen LogP contribution in [0.5, 0.6) is 5.75 Å². The zero-order valence-corrected chi connectivity index (χ0v) is 15.0. The van der Waals surface area contributed by atoms with Crippen LogP contribution in [0.25, 0.3) is 10.9 Å². The molecule has 1 saturated carbocycles. The number of hydrogen-bond acceptors (Lipinski definition) is 4. The van der Waals surface area contributed by atoms with E-state index in [1.165, 1.54) is 19.3 Å². The molecule has 0 bridgehead atoms. The minimum Gasteiger partial charge on any atom is -0.490 e. The van der Waals surface area contributed by atoms with Crippen molar-refractivity contribution in [3.8, 4) is 5.75 Å². The summed E-state index contributed by atoms with van der Waals surface area (Å²) >= 11 is 0. The molecule has 1 aliphatic carbocycles. The average Bonchev–Trinajstić information content (AvgIpc) is 3.09. The monoisotopic (exact) mass is 346 g/mol. The first kappa shape index (κ1) is 18.2. The molecule has 5 nitrogen and oxygen atoms in total. The molecule has 138 valence electrons. The maximum Gasteiger partial charge on any atom is 0.128 e. The molecule has 2 unspecified atom stereocenters.